The molecule has 6 atom stereocenters. The number of hydrogen-bond acceptors (Lipinski definition) is 7. The Labute approximate surface area is 200 Å². The van der Waals surface area contributed by atoms with Gasteiger partial charge in [0.1, 0.15) is 18.1 Å². The molecule has 0 fully saturated rings. The predicted molar refractivity (Wildman–Crippen MR) is 127 cm³/mol. The van der Waals surface area contributed by atoms with E-state index in [2.05, 4.69) is 20.9 Å². The molecule has 0 aliphatic heterocycles. The molecule has 13 nitrogen and oxygen atoms in total. The summed E-state index contributed by atoms with van der Waals surface area (Å²) in [7, 11) is 0. The summed E-state index contributed by atoms with van der Waals surface area (Å²) < 4.78 is 0. The number of aliphatic carboxylic acids is 1. The van der Waals surface area contributed by atoms with Gasteiger partial charge in [0.15, 0.2) is 5.96 Å². The summed E-state index contributed by atoms with van der Waals surface area (Å²) >= 11 is 0. The number of nitrogens with one attached hydrogen (secondary N) is 3. The minimum atomic E-state index is -1.43. The lowest BCUT2D eigenvalue weighted by Gasteiger charge is -2.29. The summed E-state index contributed by atoms with van der Waals surface area (Å²) in [5.74, 6) is -4.16. The van der Waals surface area contributed by atoms with Crippen molar-refractivity contribution in [2.75, 3.05) is 6.54 Å². The Balaban J connectivity index is 5.36. The Morgan fingerprint density at radius 2 is 1.38 bits per heavy atom. The molecule has 0 heterocycles. The summed E-state index contributed by atoms with van der Waals surface area (Å²) in [4.78, 5) is 53.4. The first-order valence-electron chi connectivity index (χ1n) is 11.4. The summed E-state index contributed by atoms with van der Waals surface area (Å²) in [6.45, 7) is 8.39. The van der Waals surface area contributed by atoms with Gasteiger partial charge in [0.05, 0.1) is 12.1 Å². The zero-order valence-corrected chi connectivity index (χ0v) is 20.6. The van der Waals surface area contributed by atoms with Gasteiger partial charge in [0, 0.05) is 6.54 Å². The predicted octanol–water partition coefficient (Wildman–Crippen LogP) is -2.01. The van der Waals surface area contributed by atoms with E-state index in [4.69, 9.17) is 17.2 Å². The zero-order chi connectivity index (χ0) is 26.6. The van der Waals surface area contributed by atoms with E-state index in [-0.39, 0.29) is 18.3 Å². The van der Waals surface area contributed by atoms with Crippen molar-refractivity contribution in [2.45, 2.75) is 84.2 Å². The molecule has 6 unspecified atom stereocenters. The van der Waals surface area contributed by atoms with Gasteiger partial charge in [-0.3, -0.25) is 19.4 Å². The number of aliphatic hydroxyl groups is 1. The van der Waals surface area contributed by atoms with Crippen LogP contribution in [0.25, 0.3) is 0 Å². The molecule has 0 aromatic rings. The molecule has 3 amide bonds. The number of rotatable bonds is 15. The zero-order valence-electron chi connectivity index (χ0n) is 20.6. The van der Waals surface area contributed by atoms with E-state index in [1.54, 1.807) is 20.8 Å². The topological polar surface area (TPSA) is 235 Å². The average molecular weight is 488 g/mol. The second kappa shape index (κ2) is 15.1. The molecule has 0 rings (SSSR count). The van der Waals surface area contributed by atoms with Crippen molar-refractivity contribution in [3.8, 4) is 0 Å². The van der Waals surface area contributed by atoms with Crippen LogP contribution >= 0.6 is 0 Å². The molecule has 11 N–H and O–H groups in total. The fraction of sp³-hybridized carbons (Fsp3) is 0.762. The smallest absolute Gasteiger partial charge is 0.326 e. The molecule has 0 aromatic carbocycles. The Kier molecular flexibility index (Phi) is 13.8. The fourth-order valence-corrected chi connectivity index (χ4v) is 3.02. The molecular formula is C21H41N7O6. The van der Waals surface area contributed by atoms with E-state index in [9.17, 15) is 29.4 Å². The maximum atomic E-state index is 13.0. The molecule has 0 bridgehead atoms. The van der Waals surface area contributed by atoms with Crippen LogP contribution in [0.4, 0.5) is 0 Å². The van der Waals surface area contributed by atoms with Gasteiger partial charge < -0.3 is 43.4 Å². The number of carboxylic acids is 1. The van der Waals surface area contributed by atoms with Crippen molar-refractivity contribution >= 4 is 29.7 Å². The first-order valence-corrected chi connectivity index (χ1v) is 11.4. The summed E-state index contributed by atoms with van der Waals surface area (Å²) in [6, 6.07) is -4.57. The van der Waals surface area contributed by atoms with Gasteiger partial charge in [-0.1, -0.05) is 34.1 Å². The SMILES string of the molecule is CCC(C)C(NC(=O)C(N)CCCN=C(N)N)C(=O)NC(C(=O)NC(C(=O)O)C(C)C)C(C)O. The molecule has 13 heteroatoms. The van der Waals surface area contributed by atoms with Crippen LogP contribution in [0.3, 0.4) is 0 Å². The van der Waals surface area contributed by atoms with Crippen molar-refractivity contribution in [3.05, 3.63) is 0 Å². The van der Waals surface area contributed by atoms with E-state index in [0.29, 0.717) is 19.4 Å². The maximum Gasteiger partial charge on any atom is 0.326 e. The Hall–Kier alpha value is -2.93. The highest BCUT2D eigenvalue weighted by molar-refractivity contribution is 5.94. The molecule has 0 aliphatic carbocycles. The van der Waals surface area contributed by atoms with Crippen LogP contribution in [-0.2, 0) is 19.2 Å². The minimum Gasteiger partial charge on any atom is -0.480 e. The average Bonchev–Trinajstić information content (AvgIpc) is 2.74. The van der Waals surface area contributed by atoms with Crippen LogP contribution < -0.4 is 33.2 Å². The molecule has 0 radical (unpaired) electrons. The number of carboxylic acid groups (broad SMARTS) is 1. The van der Waals surface area contributed by atoms with Crippen molar-refractivity contribution in [1.82, 2.24) is 16.0 Å². The third-order valence-electron chi connectivity index (χ3n) is 5.39. The third kappa shape index (κ3) is 10.8. The number of aliphatic imine (C=N–C) groups is 1. The minimum absolute atomic E-state index is 0.0636. The van der Waals surface area contributed by atoms with Gasteiger partial charge >= 0.3 is 5.97 Å². The van der Waals surface area contributed by atoms with Gasteiger partial charge in [-0.05, 0) is 31.6 Å². The second-order valence-electron chi connectivity index (χ2n) is 8.72. The highest BCUT2D eigenvalue weighted by Crippen LogP contribution is 2.10. The molecule has 196 valence electrons. The largest absolute Gasteiger partial charge is 0.480 e. The maximum absolute atomic E-state index is 13.0. The Morgan fingerprint density at radius 1 is 0.882 bits per heavy atom. The quantitative estimate of drug-likeness (QED) is 0.0722. The molecule has 0 aliphatic rings. The highest BCUT2D eigenvalue weighted by Gasteiger charge is 2.34. The van der Waals surface area contributed by atoms with Crippen LogP contribution in [-0.4, -0.2) is 76.7 Å². The summed E-state index contributed by atoms with van der Waals surface area (Å²) in [5.41, 5.74) is 16.4. The monoisotopic (exact) mass is 487 g/mol. The van der Waals surface area contributed by atoms with Crippen molar-refractivity contribution in [1.29, 1.82) is 0 Å². The first-order chi connectivity index (χ1) is 15.7. The van der Waals surface area contributed by atoms with Crippen LogP contribution in [0.15, 0.2) is 4.99 Å². The summed E-state index contributed by atoms with van der Waals surface area (Å²) in [6.07, 6.45) is -0.0611. The van der Waals surface area contributed by atoms with Crippen LogP contribution in [0.1, 0.15) is 53.9 Å². The lowest BCUT2D eigenvalue weighted by Crippen LogP contribution is -2.61. The molecule has 0 saturated carbocycles. The Morgan fingerprint density at radius 3 is 1.82 bits per heavy atom. The first kappa shape index (κ1) is 31.1. The number of nitrogens with two attached hydrogens (primary N) is 3. The molecular weight excluding hydrogens is 446 g/mol. The number of nitrogens with zero attached hydrogens (tertiary/aromatic N) is 1. The van der Waals surface area contributed by atoms with Gasteiger partial charge in [-0.15, -0.1) is 0 Å². The van der Waals surface area contributed by atoms with Crippen LogP contribution in [0.2, 0.25) is 0 Å². The van der Waals surface area contributed by atoms with Crippen molar-refractivity contribution < 1.29 is 29.4 Å². The number of carbonyl (C=O) groups excluding carboxylic acids is 3. The molecule has 0 aromatic heterocycles. The van der Waals surface area contributed by atoms with E-state index in [0.717, 1.165) is 0 Å². The molecule has 0 saturated heterocycles. The van der Waals surface area contributed by atoms with E-state index < -0.39 is 59.9 Å². The fourth-order valence-electron chi connectivity index (χ4n) is 3.02. The number of aliphatic hydroxyl groups excluding tert-OH is 1. The van der Waals surface area contributed by atoms with Crippen LogP contribution in [0.5, 0.6) is 0 Å². The van der Waals surface area contributed by atoms with Gasteiger partial charge in [0.25, 0.3) is 0 Å². The van der Waals surface area contributed by atoms with Gasteiger partial charge in [-0.25, -0.2) is 4.79 Å². The third-order valence-corrected chi connectivity index (χ3v) is 5.39. The lowest BCUT2D eigenvalue weighted by molar-refractivity contribution is -0.144. The normalized spacial score (nSPS) is 16.4. The standard InChI is InChI=1S/C21H41N7O6/c1-6-11(4)15(27-17(30)13(22)8-7-9-25-21(23)24)18(31)28-16(12(5)29)19(32)26-14(10(2)3)20(33)34/h10-16,29H,6-9,22H2,1-5H3,(H,26,32)(H,27,30)(H,28,31)(H,33,34)(H4,23,24,25). The highest BCUT2D eigenvalue weighted by atomic mass is 16.4. The van der Waals surface area contributed by atoms with E-state index in [1.165, 1.54) is 6.92 Å². The van der Waals surface area contributed by atoms with E-state index in [1.807, 2.05) is 6.92 Å². The van der Waals surface area contributed by atoms with E-state index >= 15 is 0 Å². The van der Waals surface area contributed by atoms with Crippen molar-refractivity contribution in [2.24, 2.45) is 34.0 Å². The van der Waals surface area contributed by atoms with Gasteiger partial charge in [0.2, 0.25) is 17.7 Å². The number of carbonyl (C=O) groups is 4. The second-order valence-corrected chi connectivity index (χ2v) is 8.72. The Bertz CT molecular complexity index is 724. The molecule has 34 heavy (non-hydrogen) atoms. The number of guanidine groups is 1. The molecule has 0 spiro atoms. The number of hydrogen-bond donors (Lipinski definition) is 8. The lowest BCUT2D eigenvalue weighted by atomic mass is 9.96. The van der Waals surface area contributed by atoms with Gasteiger partial charge in [-0.2, -0.15) is 0 Å². The van der Waals surface area contributed by atoms with Crippen LogP contribution in [0, 0.1) is 11.8 Å². The summed E-state index contributed by atoms with van der Waals surface area (Å²) in [5, 5.41) is 26.7. The van der Waals surface area contributed by atoms with Crippen molar-refractivity contribution in [3.63, 3.8) is 0 Å². The number of amides is 3.